The Morgan fingerprint density at radius 1 is 1.07 bits per heavy atom. The maximum atomic E-state index is 12.5. The van der Waals surface area contributed by atoms with E-state index in [9.17, 15) is 9.59 Å². The van der Waals surface area contributed by atoms with E-state index in [1.54, 1.807) is 24.2 Å². The van der Waals surface area contributed by atoms with Crippen molar-refractivity contribution in [2.24, 2.45) is 5.92 Å². The van der Waals surface area contributed by atoms with Crippen LogP contribution in [0, 0.1) is 5.92 Å². The number of likely N-dealkylation sites (tertiary alicyclic amines) is 1. The maximum Gasteiger partial charge on any atom is 0.232 e. The van der Waals surface area contributed by atoms with Crippen molar-refractivity contribution in [1.29, 1.82) is 0 Å². The number of carbonyl (C=O) groups excluding carboxylic acids is 2. The van der Waals surface area contributed by atoms with Crippen LogP contribution in [0.2, 0.25) is 0 Å². The first-order valence-electron chi connectivity index (χ1n) is 9.89. The highest BCUT2D eigenvalue weighted by atomic mass is 32.2. The molecule has 0 N–H and O–H groups in total. The molecule has 0 aliphatic carbocycles. The van der Waals surface area contributed by atoms with Crippen LogP contribution in [0.3, 0.4) is 0 Å². The first kappa shape index (κ1) is 20.1. The second-order valence-electron chi connectivity index (χ2n) is 7.54. The minimum Gasteiger partial charge on any atom is -0.342 e. The Bertz CT molecular complexity index is 620. The Morgan fingerprint density at radius 3 is 2.56 bits per heavy atom. The third-order valence-corrected chi connectivity index (χ3v) is 6.50. The van der Waals surface area contributed by atoms with Crippen LogP contribution in [-0.2, 0) is 9.59 Å². The molecule has 3 rings (SSSR count). The molecule has 0 radical (unpaired) electrons. The fraction of sp³-hybridized carbons (Fsp3) is 0.650. The molecule has 0 aromatic carbocycles. The van der Waals surface area contributed by atoms with Gasteiger partial charge in [0.2, 0.25) is 11.8 Å². The summed E-state index contributed by atoms with van der Waals surface area (Å²) >= 11 is 1.56. The smallest absolute Gasteiger partial charge is 0.232 e. The molecule has 6 nitrogen and oxygen atoms in total. The van der Waals surface area contributed by atoms with E-state index < -0.39 is 0 Å². The Morgan fingerprint density at radius 2 is 1.81 bits per heavy atom. The first-order valence-corrected chi connectivity index (χ1v) is 10.9. The molecule has 2 saturated heterocycles. The average molecular weight is 391 g/mol. The highest BCUT2D eigenvalue weighted by Gasteiger charge is 2.25. The minimum absolute atomic E-state index is 0.201. The molecule has 2 fully saturated rings. The Balaban J connectivity index is 1.39. The fourth-order valence-electron chi connectivity index (χ4n) is 3.74. The summed E-state index contributed by atoms with van der Waals surface area (Å²) in [4.78, 5) is 36.3. The largest absolute Gasteiger partial charge is 0.342 e. The van der Waals surface area contributed by atoms with Crippen LogP contribution in [0.5, 0.6) is 0 Å². The molecule has 1 atom stereocenters. The van der Waals surface area contributed by atoms with E-state index in [1.165, 1.54) is 0 Å². The third kappa shape index (κ3) is 6.21. The van der Waals surface area contributed by atoms with Gasteiger partial charge in [-0.25, -0.2) is 0 Å². The van der Waals surface area contributed by atoms with Crippen molar-refractivity contribution in [3.8, 4) is 0 Å². The number of thioether (sulfide) groups is 1. The molecular formula is C20H30N4O2S. The molecule has 148 valence electrons. The summed E-state index contributed by atoms with van der Waals surface area (Å²) in [7, 11) is 2.10. The van der Waals surface area contributed by atoms with Gasteiger partial charge in [-0.05, 0) is 44.4 Å². The standard InChI is InChI=1S/C20H30N4O2S/c1-22-11-13-23(14-12-22)19(25)5-4-17-3-2-10-24(15-17)20(26)16-27-18-6-8-21-9-7-18/h6-9,17H,2-5,10-16H2,1H3/t17-/m0/s1. The van der Waals surface area contributed by atoms with Crippen molar-refractivity contribution >= 4 is 23.6 Å². The van der Waals surface area contributed by atoms with Crippen LogP contribution in [-0.4, -0.2) is 83.6 Å². The van der Waals surface area contributed by atoms with Crippen molar-refractivity contribution in [3.63, 3.8) is 0 Å². The second kappa shape index (κ2) is 10.1. The lowest BCUT2D eigenvalue weighted by Gasteiger charge is -2.34. The Hall–Kier alpha value is -1.60. The fourth-order valence-corrected chi connectivity index (χ4v) is 4.53. The number of rotatable bonds is 6. The lowest BCUT2D eigenvalue weighted by atomic mass is 9.93. The number of aromatic nitrogens is 1. The van der Waals surface area contributed by atoms with Crippen LogP contribution < -0.4 is 0 Å². The molecule has 7 heteroatoms. The SMILES string of the molecule is CN1CCN(C(=O)CC[C@@H]2CCCN(C(=O)CSc3ccncc3)C2)CC1. The number of piperazine rings is 1. The lowest BCUT2D eigenvalue weighted by Crippen LogP contribution is -2.47. The summed E-state index contributed by atoms with van der Waals surface area (Å²) in [5, 5.41) is 0. The number of nitrogens with zero attached hydrogens (tertiary/aromatic N) is 4. The van der Waals surface area contributed by atoms with Crippen LogP contribution in [0.25, 0.3) is 0 Å². The molecule has 0 bridgehead atoms. The number of amides is 2. The van der Waals surface area contributed by atoms with Gasteiger partial charge in [0.15, 0.2) is 0 Å². The molecular weight excluding hydrogens is 360 g/mol. The molecule has 1 aromatic heterocycles. The Labute approximate surface area is 166 Å². The van der Waals surface area contributed by atoms with Gasteiger partial charge in [0.1, 0.15) is 0 Å². The van der Waals surface area contributed by atoms with Crippen LogP contribution in [0.4, 0.5) is 0 Å². The van der Waals surface area contributed by atoms with Gasteiger partial charge in [-0.15, -0.1) is 11.8 Å². The molecule has 0 unspecified atom stereocenters. The minimum atomic E-state index is 0.201. The predicted octanol–water partition coefficient (Wildman–Crippen LogP) is 1.97. The molecule has 0 saturated carbocycles. The quantitative estimate of drug-likeness (QED) is 0.695. The second-order valence-corrected chi connectivity index (χ2v) is 8.59. The highest BCUT2D eigenvalue weighted by Crippen LogP contribution is 2.23. The van der Waals surface area contributed by atoms with Crippen molar-refractivity contribution in [1.82, 2.24) is 19.7 Å². The van der Waals surface area contributed by atoms with E-state index in [2.05, 4.69) is 16.9 Å². The molecule has 2 amide bonds. The monoisotopic (exact) mass is 390 g/mol. The van der Waals surface area contributed by atoms with E-state index in [0.29, 0.717) is 18.1 Å². The van der Waals surface area contributed by atoms with E-state index >= 15 is 0 Å². The number of pyridine rings is 1. The van der Waals surface area contributed by atoms with Crippen molar-refractivity contribution < 1.29 is 9.59 Å². The Kier molecular flexibility index (Phi) is 7.52. The normalized spacial score (nSPS) is 21.3. The average Bonchev–Trinajstić information content (AvgIpc) is 2.71. The summed E-state index contributed by atoms with van der Waals surface area (Å²) in [6, 6.07) is 3.86. The van der Waals surface area contributed by atoms with Crippen LogP contribution in [0.1, 0.15) is 25.7 Å². The van der Waals surface area contributed by atoms with Gasteiger partial charge in [-0.3, -0.25) is 14.6 Å². The number of piperidine rings is 1. The van der Waals surface area contributed by atoms with Crippen molar-refractivity contribution in [3.05, 3.63) is 24.5 Å². The summed E-state index contributed by atoms with van der Waals surface area (Å²) in [6.07, 6.45) is 7.17. The number of carbonyl (C=O) groups is 2. The summed E-state index contributed by atoms with van der Waals surface area (Å²) in [5.41, 5.74) is 0. The summed E-state index contributed by atoms with van der Waals surface area (Å²) in [6.45, 7) is 5.26. The van der Waals surface area contributed by atoms with Crippen molar-refractivity contribution in [2.75, 3.05) is 52.1 Å². The first-order chi connectivity index (χ1) is 13.1. The van der Waals surface area contributed by atoms with Crippen LogP contribution >= 0.6 is 11.8 Å². The van der Waals surface area contributed by atoms with Gasteiger partial charge in [0.25, 0.3) is 0 Å². The molecule has 2 aliphatic rings. The van der Waals surface area contributed by atoms with E-state index in [4.69, 9.17) is 0 Å². The van der Waals surface area contributed by atoms with Gasteiger partial charge in [0, 0.05) is 63.0 Å². The lowest BCUT2D eigenvalue weighted by molar-refractivity contribution is -0.133. The zero-order chi connectivity index (χ0) is 19.1. The van der Waals surface area contributed by atoms with Gasteiger partial charge >= 0.3 is 0 Å². The van der Waals surface area contributed by atoms with Gasteiger partial charge < -0.3 is 14.7 Å². The van der Waals surface area contributed by atoms with Crippen LogP contribution in [0.15, 0.2) is 29.4 Å². The third-order valence-electron chi connectivity index (χ3n) is 5.51. The number of likely N-dealkylation sites (N-methyl/N-ethyl adjacent to an activating group) is 1. The predicted molar refractivity (Wildman–Crippen MR) is 108 cm³/mol. The number of hydrogen-bond donors (Lipinski definition) is 0. The zero-order valence-corrected chi connectivity index (χ0v) is 17.0. The summed E-state index contributed by atoms with van der Waals surface area (Å²) in [5.74, 6) is 1.40. The van der Waals surface area contributed by atoms with Crippen molar-refractivity contribution in [2.45, 2.75) is 30.6 Å². The van der Waals surface area contributed by atoms with E-state index in [0.717, 1.165) is 63.4 Å². The molecule has 0 spiro atoms. The number of hydrogen-bond acceptors (Lipinski definition) is 5. The highest BCUT2D eigenvalue weighted by molar-refractivity contribution is 8.00. The summed E-state index contributed by atoms with van der Waals surface area (Å²) < 4.78 is 0. The topological polar surface area (TPSA) is 56.8 Å². The molecule has 1 aromatic rings. The maximum absolute atomic E-state index is 12.5. The van der Waals surface area contributed by atoms with Gasteiger partial charge in [-0.1, -0.05) is 0 Å². The zero-order valence-electron chi connectivity index (χ0n) is 16.2. The molecule has 3 heterocycles. The molecule has 27 heavy (non-hydrogen) atoms. The van der Waals surface area contributed by atoms with Gasteiger partial charge in [0.05, 0.1) is 5.75 Å². The van der Waals surface area contributed by atoms with E-state index in [1.807, 2.05) is 21.9 Å². The van der Waals surface area contributed by atoms with Gasteiger partial charge in [-0.2, -0.15) is 0 Å². The van der Waals surface area contributed by atoms with E-state index in [-0.39, 0.29) is 11.8 Å². The molecule has 2 aliphatic heterocycles.